The fraction of sp³-hybridized carbons (Fsp3) is 0.0526. The van der Waals surface area contributed by atoms with E-state index in [1.165, 1.54) is 23.5 Å². The molecule has 1 aromatic heterocycles. The van der Waals surface area contributed by atoms with Gasteiger partial charge in [0.2, 0.25) is 10.0 Å². The van der Waals surface area contributed by atoms with E-state index in [-0.39, 0.29) is 5.82 Å². The Balaban J connectivity index is 1.87. The Hall–Kier alpha value is -2.28. The van der Waals surface area contributed by atoms with Crippen molar-refractivity contribution in [3.05, 3.63) is 99.3 Å². The van der Waals surface area contributed by atoms with Crippen LogP contribution in [0.4, 0.5) is 4.39 Å². The second kappa shape index (κ2) is 7.74. The Bertz CT molecular complexity index is 935. The van der Waals surface area contributed by atoms with Crippen LogP contribution in [0.2, 0.25) is 0 Å². The van der Waals surface area contributed by atoms with Gasteiger partial charge >= 0.3 is 0 Å². The van der Waals surface area contributed by atoms with Crippen molar-refractivity contribution in [2.75, 3.05) is 0 Å². The van der Waals surface area contributed by atoms with Gasteiger partial charge in [-0.15, -0.1) is 11.3 Å². The lowest BCUT2D eigenvalue weighted by molar-refractivity contribution is 0.582. The summed E-state index contributed by atoms with van der Waals surface area (Å²) >= 11 is 1.44. The predicted octanol–water partition coefficient (Wildman–Crippen LogP) is 4.57. The molecule has 1 N–H and O–H groups in total. The molecule has 2 aromatic carbocycles. The zero-order valence-electron chi connectivity index (χ0n) is 13.2. The molecule has 0 amide bonds. The van der Waals surface area contributed by atoms with Gasteiger partial charge in [0, 0.05) is 10.3 Å². The topological polar surface area (TPSA) is 46.2 Å². The Morgan fingerprint density at radius 1 is 0.960 bits per heavy atom. The van der Waals surface area contributed by atoms with Gasteiger partial charge in [0.05, 0.1) is 6.04 Å². The Morgan fingerprint density at radius 2 is 1.68 bits per heavy atom. The van der Waals surface area contributed by atoms with Gasteiger partial charge in [0.15, 0.2) is 0 Å². The van der Waals surface area contributed by atoms with Gasteiger partial charge in [-0.1, -0.05) is 48.5 Å². The highest BCUT2D eigenvalue weighted by atomic mass is 32.2. The molecule has 0 spiro atoms. The molecular weight excluding hydrogens is 357 g/mol. The first-order valence-corrected chi connectivity index (χ1v) is 10.0. The third-order valence-corrected chi connectivity index (χ3v) is 5.55. The van der Waals surface area contributed by atoms with Crippen LogP contribution in [0.1, 0.15) is 22.0 Å². The van der Waals surface area contributed by atoms with E-state index in [1.807, 2.05) is 47.8 Å². The summed E-state index contributed by atoms with van der Waals surface area (Å²) in [5, 5.41) is 3.02. The van der Waals surface area contributed by atoms with Crippen LogP contribution in [0.5, 0.6) is 0 Å². The third-order valence-electron chi connectivity index (χ3n) is 3.55. The second-order valence-corrected chi connectivity index (χ2v) is 7.95. The maximum absolute atomic E-state index is 13.2. The van der Waals surface area contributed by atoms with E-state index in [2.05, 4.69) is 4.72 Å². The number of hydrogen-bond donors (Lipinski definition) is 1. The first-order valence-electron chi connectivity index (χ1n) is 7.58. The fourth-order valence-electron chi connectivity index (χ4n) is 2.34. The second-order valence-electron chi connectivity index (χ2n) is 5.38. The molecule has 3 rings (SSSR count). The lowest BCUT2D eigenvalue weighted by Gasteiger charge is -2.17. The molecule has 25 heavy (non-hydrogen) atoms. The smallest absolute Gasteiger partial charge is 0.208 e. The van der Waals surface area contributed by atoms with E-state index in [0.717, 1.165) is 15.8 Å². The summed E-state index contributed by atoms with van der Waals surface area (Å²) in [6, 6.07) is 18.1. The zero-order chi connectivity index (χ0) is 17.7. The van der Waals surface area contributed by atoms with Crippen LogP contribution in [-0.4, -0.2) is 8.42 Å². The normalized spacial score (nSPS) is 13.2. The van der Waals surface area contributed by atoms with E-state index in [0.29, 0.717) is 5.56 Å². The van der Waals surface area contributed by atoms with Gasteiger partial charge in [-0.25, -0.2) is 12.8 Å². The SMILES string of the molecule is O=S(=O)(/C=C/c1ccccc1)NC(c1ccc(F)cc1)c1cccs1. The number of thiophene rings is 1. The summed E-state index contributed by atoms with van der Waals surface area (Å²) in [4.78, 5) is 0.836. The number of sulfonamides is 1. The van der Waals surface area contributed by atoms with E-state index in [9.17, 15) is 12.8 Å². The molecule has 1 unspecified atom stereocenters. The zero-order valence-corrected chi connectivity index (χ0v) is 14.8. The summed E-state index contributed by atoms with van der Waals surface area (Å²) < 4.78 is 40.8. The number of benzene rings is 2. The molecule has 0 bridgehead atoms. The maximum atomic E-state index is 13.2. The summed E-state index contributed by atoms with van der Waals surface area (Å²) in [7, 11) is -3.68. The molecule has 0 radical (unpaired) electrons. The van der Waals surface area contributed by atoms with Crippen LogP contribution in [0.15, 0.2) is 77.5 Å². The van der Waals surface area contributed by atoms with Gasteiger partial charge in [-0.2, -0.15) is 4.72 Å². The Morgan fingerprint density at radius 3 is 2.32 bits per heavy atom. The Kier molecular flexibility index (Phi) is 5.43. The molecular formula is C19H16FNO2S2. The average molecular weight is 373 g/mol. The van der Waals surface area contributed by atoms with E-state index in [4.69, 9.17) is 0 Å². The first-order chi connectivity index (χ1) is 12.0. The average Bonchev–Trinajstić information content (AvgIpc) is 3.14. The monoisotopic (exact) mass is 373 g/mol. The minimum atomic E-state index is -3.68. The lowest BCUT2D eigenvalue weighted by Crippen LogP contribution is -2.27. The molecule has 1 atom stereocenters. The van der Waals surface area contributed by atoms with Crippen molar-refractivity contribution in [2.24, 2.45) is 0 Å². The summed E-state index contributed by atoms with van der Waals surface area (Å²) in [5.41, 5.74) is 1.47. The van der Waals surface area contributed by atoms with Gasteiger partial charge < -0.3 is 0 Å². The molecule has 1 heterocycles. The van der Waals surface area contributed by atoms with Crippen LogP contribution < -0.4 is 4.72 Å². The standard InChI is InChI=1S/C19H16FNO2S2/c20-17-10-8-16(9-11-17)19(18-7-4-13-24-18)21-25(22,23)14-12-15-5-2-1-3-6-15/h1-14,19,21H/b14-12+. The maximum Gasteiger partial charge on any atom is 0.234 e. The van der Waals surface area contributed by atoms with E-state index < -0.39 is 16.1 Å². The molecule has 128 valence electrons. The van der Waals surface area contributed by atoms with Crippen molar-refractivity contribution in [3.63, 3.8) is 0 Å². The molecule has 0 saturated heterocycles. The van der Waals surface area contributed by atoms with Crippen LogP contribution >= 0.6 is 11.3 Å². The number of hydrogen-bond acceptors (Lipinski definition) is 3. The predicted molar refractivity (Wildman–Crippen MR) is 100 cm³/mol. The summed E-state index contributed by atoms with van der Waals surface area (Å²) in [6.45, 7) is 0. The van der Waals surface area contributed by atoms with Crippen LogP contribution in [0, 0.1) is 5.82 Å². The van der Waals surface area contributed by atoms with E-state index in [1.54, 1.807) is 18.2 Å². The van der Waals surface area contributed by atoms with Crippen molar-refractivity contribution in [1.29, 1.82) is 0 Å². The molecule has 3 nitrogen and oxygen atoms in total. The summed E-state index contributed by atoms with van der Waals surface area (Å²) in [5.74, 6) is -0.361. The third kappa shape index (κ3) is 4.85. The minimum Gasteiger partial charge on any atom is -0.208 e. The van der Waals surface area contributed by atoms with Gasteiger partial charge in [-0.3, -0.25) is 0 Å². The van der Waals surface area contributed by atoms with Crippen molar-refractivity contribution in [1.82, 2.24) is 4.72 Å². The molecule has 0 saturated carbocycles. The first kappa shape index (κ1) is 17.5. The van der Waals surface area contributed by atoms with Crippen molar-refractivity contribution >= 4 is 27.4 Å². The number of halogens is 1. The number of nitrogens with one attached hydrogen (secondary N) is 1. The minimum absolute atomic E-state index is 0.361. The lowest BCUT2D eigenvalue weighted by atomic mass is 10.1. The Labute approximate surface area is 150 Å². The highest BCUT2D eigenvalue weighted by Gasteiger charge is 2.20. The molecule has 6 heteroatoms. The fourth-order valence-corrected chi connectivity index (χ4v) is 4.22. The summed E-state index contributed by atoms with van der Waals surface area (Å²) in [6.07, 6.45) is 1.54. The molecule has 0 aliphatic heterocycles. The van der Waals surface area contributed by atoms with Crippen LogP contribution in [0.3, 0.4) is 0 Å². The van der Waals surface area contributed by atoms with Gasteiger partial charge in [-0.05, 0) is 40.8 Å². The highest BCUT2D eigenvalue weighted by Crippen LogP contribution is 2.27. The molecule has 3 aromatic rings. The molecule has 0 aliphatic rings. The van der Waals surface area contributed by atoms with Crippen molar-refractivity contribution < 1.29 is 12.8 Å². The van der Waals surface area contributed by atoms with Gasteiger partial charge in [0.1, 0.15) is 5.82 Å². The number of rotatable bonds is 6. The van der Waals surface area contributed by atoms with Crippen LogP contribution in [0.25, 0.3) is 6.08 Å². The largest absolute Gasteiger partial charge is 0.234 e. The van der Waals surface area contributed by atoms with Crippen molar-refractivity contribution in [3.8, 4) is 0 Å². The van der Waals surface area contributed by atoms with E-state index >= 15 is 0 Å². The molecule has 0 fully saturated rings. The van der Waals surface area contributed by atoms with Gasteiger partial charge in [0.25, 0.3) is 0 Å². The molecule has 0 aliphatic carbocycles. The highest BCUT2D eigenvalue weighted by molar-refractivity contribution is 7.92. The quantitative estimate of drug-likeness (QED) is 0.688. The van der Waals surface area contributed by atoms with Crippen LogP contribution in [-0.2, 0) is 10.0 Å². The van der Waals surface area contributed by atoms with Crippen molar-refractivity contribution in [2.45, 2.75) is 6.04 Å².